The molecule has 9 nitrogen and oxygen atoms in total. The van der Waals surface area contributed by atoms with Crippen LogP contribution >= 0.6 is 0 Å². The van der Waals surface area contributed by atoms with Gasteiger partial charge in [-0.15, -0.1) is 5.10 Å². The summed E-state index contributed by atoms with van der Waals surface area (Å²) in [5.41, 5.74) is 2.40. The van der Waals surface area contributed by atoms with E-state index < -0.39 is 0 Å². The van der Waals surface area contributed by atoms with Gasteiger partial charge in [0, 0.05) is 31.6 Å². The topological polar surface area (TPSA) is 93.2 Å². The largest absolute Gasteiger partial charge is 0.349 e. The minimum absolute atomic E-state index is 0.0623. The highest BCUT2D eigenvalue weighted by molar-refractivity contribution is 5.96. The second-order valence-electron chi connectivity index (χ2n) is 6.77. The SMILES string of the molecule is Cc1nc2c3ccccc3nc(NC3CC(=O)N(c4cnn(C)c4)C3)n2n1. The number of rotatable bonds is 3. The Balaban J connectivity index is 1.50. The van der Waals surface area contributed by atoms with Gasteiger partial charge in [-0.3, -0.25) is 9.48 Å². The van der Waals surface area contributed by atoms with Crippen molar-refractivity contribution in [1.82, 2.24) is 29.4 Å². The zero-order valence-corrected chi connectivity index (χ0v) is 15.0. The Morgan fingerprint density at radius 3 is 2.89 bits per heavy atom. The van der Waals surface area contributed by atoms with E-state index in [0.29, 0.717) is 24.7 Å². The van der Waals surface area contributed by atoms with Crippen LogP contribution in [-0.2, 0) is 11.8 Å². The number of benzene rings is 1. The fourth-order valence-corrected chi connectivity index (χ4v) is 3.54. The molecule has 4 heterocycles. The summed E-state index contributed by atoms with van der Waals surface area (Å²) >= 11 is 0. The standard InChI is InChI=1S/C18H18N8O/c1-11-20-17-14-5-3-4-6-15(14)22-18(26(17)23-11)21-12-7-16(27)25(9-12)13-8-19-24(2)10-13/h3-6,8,10,12H,7,9H2,1-2H3,(H,21,22). The lowest BCUT2D eigenvalue weighted by atomic mass is 10.2. The zero-order chi connectivity index (χ0) is 18.5. The van der Waals surface area contributed by atoms with Crippen LogP contribution in [0.15, 0.2) is 36.7 Å². The molecule has 136 valence electrons. The summed E-state index contributed by atoms with van der Waals surface area (Å²) in [5.74, 6) is 1.33. The summed E-state index contributed by atoms with van der Waals surface area (Å²) in [4.78, 5) is 23.5. The molecule has 1 aromatic carbocycles. The zero-order valence-electron chi connectivity index (χ0n) is 15.0. The molecule has 1 atom stereocenters. The molecule has 1 aliphatic rings. The van der Waals surface area contributed by atoms with Crippen LogP contribution in [0.1, 0.15) is 12.2 Å². The van der Waals surface area contributed by atoms with E-state index in [1.165, 1.54) is 0 Å². The van der Waals surface area contributed by atoms with Crippen LogP contribution in [0.3, 0.4) is 0 Å². The van der Waals surface area contributed by atoms with Crippen molar-refractivity contribution < 1.29 is 4.79 Å². The number of hydrogen-bond acceptors (Lipinski definition) is 6. The second-order valence-corrected chi connectivity index (χ2v) is 6.77. The number of hydrogen-bond donors (Lipinski definition) is 1. The third kappa shape index (κ3) is 2.59. The van der Waals surface area contributed by atoms with E-state index in [1.54, 1.807) is 20.3 Å². The molecule has 1 amide bonds. The van der Waals surface area contributed by atoms with Crippen molar-refractivity contribution in [2.24, 2.45) is 7.05 Å². The van der Waals surface area contributed by atoms with Crippen LogP contribution < -0.4 is 10.2 Å². The van der Waals surface area contributed by atoms with Gasteiger partial charge in [0.15, 0.2) is 5.65 Å². The van der Waals surface area contributed by atoms with Gasteiger partial charge < -0.3 is 10.2 Å². The van der Waals surface area contributed by atoms with Crippen molar-refractivity contribution in [1.29, 1.82) is 0 Å². The Kier molecular flexibility index (Phi) is 3.36. The van der Waals surface area contributed by atoms with Crippen molar-refractivity contribution in [2.75, 3.05) is 16.8 Å². The van der Waals surface area contributed by atoms with Gasteiger partial charge in [-0.1, -0.05) is 12.1 Å². The summed E-state index contributed by atoms with van der Waals surface area (Å²) in [6, 6.07) is 7.77. The summed E-state index contributed by atoms with van der Waals surface area (Å²) in [6.45, 7) is 2.41. The first-order chi connectivity index (χ1) is 13.1. The number of carbonyl (C=O) groups excluding carboxylic acids is 1. The van der Waals surface area contributed by atoms with E-state index in [1.807, 2.05) is 44.4 Å². The van der Waals surface area contributed by atoms with E-state index in [9.17, 15) is 4.79 Å². The normalized spacial score (nSPS) is 17.3. The van der Waals surface area contributed by atoms with Crippen molar-refractivity contribution in [3.8, 4) is 0 Å². The lowest BCUT2D eigenvalue weighted by Crippen LogP contribution is -2.28. The van der Waals surface area contributed by atoms with Crippen LogP contribution in [0.5, 0.6) is 0 Å². The maximum atomic E-state index is 12.5. The van der Waals surface area contributed by atoms with Crippen LogP contribution in [0.4, 0.5) is 11.6 Å². The predicted molar refractivity (Wildman–Crippen MR) is 101 cm³/mol. The van der Waals surface area contributed by atoms with E-state index >= 15 is 0 Å². The lowest BCUT2D eigenvalue weighted by molar-refractivity contribution is -0.117. The molecular weight excluding hydrogens is 344 g/mol. The van der Waals surface area contributed by atoms with Gasteiger partial charge in [0.2, 0.25) is 11.9 Å². The first-order valence-corrected chi connectivity index (χ1v) is 8.76. The average molecular weight is 362 g/mol. The molecule has 0 saturated carbocycles. The minimum atomic E-state index is -0.0703. The first-order valence-electron chi connectivity index (χ1n) is 8.76. The molecule has 1 fully saturated rings. The highest BCUT2D eigenvalue weighted by Crippen LogP contribution is 2.25. The van der Waals surface area contributed by atoms with Gasteiger partial charge in [-0.25, -0.2) is 9.97 Å². The highest BCUT2D eigenvalue weighted by atomic mass is 16.2. The Hall–Kier alpha value is -3.49. The molecule has 1 unspecified atom stereocenters. The molecule has 1 N–H and O–H groups in total. The molecule has 0 spiro atoms. The Labute approximate surface area is 154 Å². The number of fused-ring (bicyclic) bond motifs is 3. The Morgan fingerprint density at radius 2 is 2.07 bits per heavy atom. The number of aryl methyl sites for hydroxylation is 2. The second kappa shape index (κ2) is 5.76. The molecule has 5 rings (SSSR count). The van der Waals surface area contributed by atoms with Gasteiger partial charge in [-0.05, 0) is 19.1 Å². The van der Waals surface area contributed by atoms with Gasteiger partial charge >= 0.3 is 0 Å². The summed E-state index contributed by atoms with van der Waals surface area (Å²) in [5, 5.41) is 13.0. The van der Waals surface area contributed by atoms with E-state index in [-0.39, 0.29) is 11.9 Å². The molecule has 9 heteroatoms. The van der Waals surface area contributed by atoms with Crippen molar-refractivity contribution in [3.63, 3.8) is 0 Å². The maximum absolute atomic E-state index is 12.5. The van der Waals surface area contributed by atoms with Crippen molar-refractivity contribution in [3.05, 3.63) is 42.5 Å². The quantitative estimate of drug-likeness (QED) is 0.594. The molecular formula is C18H18N8O. The van der Waals surface area contributed by atoms with E-state index in [2.05, 4.69) is 20.5 Å². The number of aromatic nitrogens is 6. The summed E-state index contributed by atoms with van der Waals surface area (Å²) in [6.07, 6.45) is 3.93. The third-order valence-corrected chi connectivity index (χ3v) is 4.75. The van der Waals surface area contributed by atoms with Crippen LogP contribution in [0.25, 0.3) is 16.6 Å². The molecule has 27 heavy (non-hydrogen) atoms. The van der Waals surface area contributed by atoms with Gasteiger partial charge in [0.25, 0.3) is 0 Å². The Morgan fingerprint density at radius 1 is 1.22 bits per heavy atom. The number of amides is 1. The number of carbonyl (C=O) groups is 1. The average Bonchev–Trinajstić information content (AvgIpc) is 3.33. The molecule has 3 aromatic heterocycles. The minimum Gasteiger partial charge on any atom is -0.349 e. The van der Waals surface area contributed by atoms with Crippen molar-refractivity contribution >= 4 is 34.1 Å². The summed E-state index contributed by atoms with van der Waals surface area (Å²) in [7, 11) is 1.84. The predicted octanol–water partition coefficient (Wildman–Crippen LogP) is 1.54. The smallest absolute Gasteiger partial charge is 0.229 e. The van der Waals surface area contributed by atoms with Crippen molar-refractivity contribution in [2.45, 2.75) is 19.4 Å². The fourth-order valence-electron chi connectivity index (χ4n) is 3.54. The fraction of sp³-hybridized carbons (Fsp3) is 0.278. The van der Waals surface area contributed by atoms with Crippen LogP contribution in [0, 0.1) is 6.92 Å². The number of anilines is 2. The van der Waals surface area contributed by atoms with Crippen LogP contribution in [0.2, 0.25) is 0 Å². The van der Waals surface area contributed by atoms with Gasteiger partial charge in [0.05, 0.1) is 23.4 Å². The molecule has 0 aliphatic carbocycles. The summed E-state index contributed by atoms with van der Waals surface area (Å²) < 4.78 is 3.41. The maximum Gasteiger partial charge on any atom is 0.229 e. The lowest BCUT2D eigenvalue weighted by Gasteiger charge is -2.16. The number of nitrogens with one attached hydrogen (secondary N) is 1. The molecule has 1 aliphatic heterocycles. The highest BCUT2D eigenvalue weighted by Gasteiger charge is 2.32. The molecule has 1 saturated heterocycles. The number of nitrogens with zero attached hydrogens (tertiary/aromatic N) is 7. The van der Waals surface area contributed by atoms with Crippen LogP contribution in [-0.4, -0.2) is 47.9 Å². The molecule has 0 radical (unpaired) electrons. The van der Waals surface area contributed by atoms with Gasteiger partial charge in [0.1, 0.15) is 5.82 Å². The number of para-hydroxylation sites is 1. The third-order valence-electron chi connectivity index (χ3n) is 4.75. The van der Waals surface area contributed by atoms with Gasteiger partial charge in [-0.2, -0.15) is 9.61 Å². The van der Waals surface area contributed by atoms with E-state index in [4.69, 9.17) is 4.98 Å². The first kappa shape index (κ1) is 15.7. The molecule has 0 bridgehead atoms. The van der Waals surface area contributed by atoms with E-state index in [0.717, 1.165) is 22.2 Å². The monoisotopic (exact) mass is 362 g/mol. The molecule has 4 aromatic rings. The Bertz CT molecular complexity index is 1180.